The van der Waals surface area contributed by atoms with Crippen LogP contribution in [0.3, 0.4) is 0 Å². The molecule has 3 nitrogen and oxygen atoms in total. The Morgan fingerprint density at radius 2 is 2.00 bits per heavy atom. The Kier molecular flexibility index (Phi) is 3.75. The first-order valence-electron chi connectivity index (χ1n) is 8.13. The number of hydrogen-bond acceptors (Lipinski definition) is 2. The van der Waals surface area contributed by atoms with Crippen molar-refractivity contribution in [3.05, 3.63) is 29.5 Å². The Labute approximate surface area is 132 Å². The number of carbonyl (C=O) groups is 1. The van der Waals surface area contributed by atoms with E-state index in [2.05, 4.69) is 31.4 Å². The number of ketones is 1. The molecule has 0 spiro atoms. The molecule has 0 unspecified atom stereocenters. The number of ether oxygens (including phenoxy) is 1. The van der Waals surface area contributed by atoms with E-state index in [-0.39, 0.29) is 5.41 Å². The van der Waals surface area contributed by atoms with Gasteiger partial charge in [-0.3, -0.25) is 4.79 Å². The van der Waals surface area contributed by atoms with E-state index in [1.54, 1.807) is 7.11 Å². The Hall–Kier alpha value is -1.77. The Morgan fingerprint density at radius 1 is 1.23 bits per heavy atom. The van der Waals surface area contributed by atoms with E-state index in [0.717, 1.165) is 48.0 Å². The Morgan fingerprint density at radius 3 is 2.68 bits per heavy atom. The fraction of sp³-hybridized carbons (Fsp3) is 0.526. The lowest BCUT2D eigenvalue weighted by molar-refractivity contribution is 0.0973. The topological polar surface area (TPSA) is 31.2 Å². The molecule has 0 N–H and O–H groups in total. The molecule has 0 atom stereocenters. The number of hydrogen-bond donors (Lipinski definition) is 0. The van der Waals surface area contributed by atoms with Crippen LogP contribution in [0.1, 0.15) is 56.1 Å². The van der Waals surface area contributed by atoms with Crippen molar-refractivity contribution in [2.24, 2.45) is 5.41 Å². The van der Waals surface area contributed by atoms with Crippen LogP contribution >= 0.6 is 0 Å². The van der Waals surface area contributed by atoms with Gasteiger partial charge >= 0.3 is 0 Å². The normalized spacial score (nSPS) is 15.2. The molecule has 0 radical (unpaired) electrons. The van der Waals surface area contributed by atoms with Crippen molar-refractivity contribution in [2.45, 2.75) is 53.0 Å². The van der Waals surface area contributed by atoms with Crippen LogP contribution in [0.4, 0.5) is 0 Å². The average Bonchev–Trinajstić information content (AvgIpc) is 2.78. The molecule has 1 aliphatic rings. The zero-order valence-electron chi connectivity index (χ0n) is 14.0. The van der Waals surface area contributed by atoms with Gasteiger partial charge in [0.05, 0.1) is 12.6 Å². The highest BCUT2D eigenvalue weighted by atomic mass is 16.5. The van der Waals surface area contributed by atoms with E-state index in [1.807, 2.05) is 12.1 Å². The maximum absolute atomic E-state index is 12.4. The molecule has 1 aromatic heterocycles. The number of aryl methyl sites for hydroxylation is 1. The molecule has 1 heterocycles. The first-order chi connectivity index (χ1) is 10.4. The number of nitrogens with zero attached hydrogens (tertiary/aromatic N) is 1. The minimum Gasteiger partial charge on any atom is -0.497 e. The molecule has 22 heavy (non-hydrogen) atoms. The number of benzene rings is 1. The molecule has 1 aliphatic carbocycles. The summed E-state index contributed by atoms with van der Waals surface area (Å²) in [4.78, 5) is 12.4. The van der Waals surface area contributed by atoms with Gasteiger partial charge in [-0.25, -0.2) is 0 Å². The second-order valence-corrected chi connectivity index (χ2v) is 7.44. The van der Waals surface area contributed by atoms with Gasteiger partial charge in [-0.2, -0.15) is 0 Å². The summed E-state index contributed by atoms with van der Waals surface area (Å²) < 4.78 is 7.74. The van der Waals surface area contributed by atoms with Gasteiger partial charge in [-0.1, -0.05) is 20.8 Å². The smallest absolute Gasteiger partial charge is 0.165 e. The summed E-state index contributed by atoms with van der Waals surface area (Å²) in [5, 5.41) is 1.09. The van der Waals surface area contributed by atoms with Crippen molar-refractivity contribution in [1.82, 2.24) is 4.57 Å². The van der Waals surface area contributed by atoms with Gasteiger partial charge in [0.2, 0.25) is 0 Å². The van der Waals surface area contributed by atoms with Crippen LogP contribution in [-0.4, -0.2) is 17.5 Å². The largest absolute Gasteiger partial charge is 0.497 e. The van der Waals surface area contributed by atoms with Gasteiger partial charge in [-0.05, 0) is 36.8 Å². The summed E-state index contributed by atoms with van der Waals surface area (Å²) in [6.45, 7) is 7.74. The predicted molar refractivity (Wildman–Crippen MR) is 89.8 cm³/mol. The SMILES string of the molecule is COc1ccc2c3c(n(CCC(C)(C)C)c2c1)CCCC3=O. The van der Waals surface area contributed by atoms with Crippen molar-refractivity contribution in [3.63, 3.8) is 0 Å². The molecule has 3 rings (SSSR count). The van der Waals surface area contributed by atoms with Crippen molar-refractivity contribution < 1.29 is 9.53 Å². The lowest BCUT2D eigenvalue weighted by Crippen LogP contribution is -2.16. The van der Waals surface area contributed by atoms with Crippen LogP contribution in [0, 0.1) is 5.41 Å². The Balaban J connectivity index is 2.17. The summed E-state index contributed by atoms with van der Waals surface area (Å²) in [6, 6.07) is 6.08. The first-order valence-corrected chi connectivity index (χ1v) is 8.13. The van der Waals surface area contributed by atoms with E-state index in [9.17, 15) is 4.79 Å². The molecule has 0 aliphatic heterocycles. The molecule has 118 valence electrons. The van der Waals surface area contributed by atoms with Gasteiger partial charge in [0.1, 0.15) is 5.75 Å². The predicted octanol–water partition coefficient (Wildman–Crippen LogP) is 4.61. The van der Waals surface area contributed by atoms with Gasteiger partial charge in [0.15, 0.2) is 5.78 Å². The molecule has 0 bridgehead atoms. The second-order valence-electron chi connectivity index (χ2n) is 7.44. The van der Waals surface area contributed by atoms with Crippen LogP contribution in [0.25, 0.3) is 10.9 Å². The number of carbonyl (C=O) groups excluding carboxylic acids is 1. The summed E-state index contributed by atoms with van der Waals surface area (Å²) >= 11 is 0. The quantitative estimate of drug-likeness (QED) is 0.829. The van der Waals surface area contributed by atoms with Crippen molar-refractivity contribution in [2.75, 3.05) is 7.11 Å². The Bertz CT molecular complexity index is 719. The fourth-order valence-electron chi connectivity index (χ4n) is 3.32. The number of methoxy groups -OCH3 is 1. The lowest BCUT2D eigenvalue weighted by Gasteiger charge is -2.21. The third-order valence-electron chi connectivity index (χ3n) is 4.56. The fourth-order valence-corrected chi connectivity index (χ4v) is 3.32. The third kappa shape index (κ3) is 2.65. The zero-order valence-corrected chi connectivity index (χ0v) is 14.0. The molecule has 1 aromatic carbocycles. The van der Waals surface area contributed by atoms with Crippen LogP contribution < -0.4 is 4.74 Å². The highest BCUT2D eigenvalue weighted by Gasteiger charge is 2.26. The molecule has 3 heteroatoms. The van der Waals surface area contributed by atoms with E-state index >= 15 is 0 Å². The molecule has 2 aromatic rings. The molecular formula is C19H25NO2. The zero-order chi connectivity index (χ0) is 15.9. The highest BCUT2D eigenvalue weighted by Crippen LogP contribution is 2.35. The van der Waals surface area contributed by atoms with Crippen LogP contribution in [0.15, 0.2) is 18.2 Å². The highest BCUT2D eigenvalue weighted by molar-refractivity contribution is 6.10. The second kappa shape index (κ2) is 5.45. The molecule has 0 saturated heterocycles. The van der Waals surface area contributed by atoms with Crippen molar-refractivity contribution >= 4 is 16.7 Å². The van der Waals surface area contributed by atoms with Gasteiger partial charge in [-0.15, -0.1) is 0 Å². The number of Topliss-reactive ketones (excluding diaryl/α,β-unsaturated/α-hetero) is 1. The molecule has 0 saturated carbocycles. The van der Waals surface area contributed by atoms with Crippen LogP contribution in [0.5, 0.6) is 5.75 Å². The van der Waals surface area contributed by atoms with Gasteiger partial charge < -0.3 is 9.30 Å². The van der Waals surface area contributed by atoms with Crippen LogP contribution in [-0.2, 0) is 13.0 Å². The van der Waals surface area contributed by atoms with Gasteiger partial charge in [0, 0.05) is 35.7 Å². The summed E-state index contributed by atoms with van der Waals surface area (Å²) in [5.74, 6) is 1.15. The summed E-state index contributed by atoms with van der Waals surface area (Å²) in [5.41, 5.74) is 3.60. The summed E-state index contributed by atoms with van der Waals surface area (Å²) in [7, 11) is 1.69. The molecule has 0 amide bonds. The van der Waals surface area contributed by atoms with E-state index in [4.69, 9.17) is 4.74 Å². The molecular weight excluding hydrogens is 274 g/mol. The minimum absolute atomic E-state index is 0.279. The van der Waals surface area contributed by atoms with E-state index in [0.29, 0.717) is 12.2 Å². The van der Waals surface area contributed by atoms with Crippen molar-refractivity contribution in [3.8, 4) is 5.75 Å². The summed E-state index contributed by atoms with van der Waals surface area (Å²) in [6.07, 6.45) is 3.74. The number of rotatable bonds is 3. The monoisotopic (exact) mass is 299 g/mol. The van der Waals surface area contributed by atoms with Crippen LogP contribution in [0.2, 0.25) is 0 Å². The lowest BCUT2D eigenvalue weighted by atomic mass is 9.92. The molecule has 0 fully saturated rings. The third-order valence-corrected chi connectivity index (χ3v) is 4.56. The number of fused-ring (bicyclic) bond motifs is 3. The average molecular weight is 299 g/mol. The minimum atomic E-state index is 0.279. The van der Waals surface area contributed by atoms with E-state index in [1.165, 1.54) is 5.69 Å². The van der Waals surface area contributed by atoms with Gasteiger partial charge in [0.25, 0.3) is 0 Å². The maximum atomic E-state index is 12.4. The van der Waals surface area contributed by atoms with Crippen molar-refractivity contribution in [1.29, 1.82) is 0 Å². The van der Waals surface area contributed by atoms with E-state index < -0.39 is 0 Å². The standard InChI is InChI=1S/C19H25NO2/c1-19(2,3)10-11-20-15-6-5-7-17(21)18(15)14-9-8-13(22-4)12-16(14)20/h8-9,12H,5-7,10-11H2,1-4H3. The number of aromatic nitrogens is 1. The maximum Gasteiger partial charge on any atom is 0.165 e. The first kappa shape index (κ1) is 15.1.